The fraction of sp³-hybridized carbons (Fsp3) is 0.467. The summed E-state index contributed by atoms with van der Waals surface area (Å²) >= 11 is 1.89. The van der Waals surface area contributed by atoms with E-state index in [1.54, 1.807) is 0 Å². The number of amides is 1. The molecule has 1 aromatic carbocycles. The highest BCUT2D eigenvalue weighted by Gasteiger charge is 2.55. The van der Waals surface area contributed by atoms with E-state index < -0.39 is 5.41 Å². The molecule has 4 rings (SSSR count). The number of hydrogen-bond donors (Lipinski definition) is 2. The van der Waals surface area contributed by atoms with E-state index in [2.05, 4.69) is 50.2 Å². The maximum atomic E-state index is 12.5. The van der Waals surface area contributed by atoms with Gasteiger partial charge in [-0.05, 0) is 37.8 Å². The van der Waals surface area contributed by atoms with Gasteiger partial charge in [-0.15, -0.1) is 22.0 Å². The number of carbonyl (C=O) groups is 1. The molecule has 1 amide bonds. The predicted octanol–water partition coefficient (Wildman–Crippen LogP) is 1.67. The molecule has 0 unspecified atom stereocenters. The Morgan fingerprint density at radius 1 is 1.27 bits per heavy atom. The maximum absolute atomic E-state index is 12.5. The summed E-state index contributed by atoms with van der Waals surface area (Å²) in [6.07, 6.45) is 3.67. The summed E-state index contributed by atoms with van der Waals surface area (Å²) in [5, 5.41) is 17.7. The third-order valence-corrected chi connectivity index (χ3v) is 5.70. The molecule has 1 heterocycles. The second-order valence-electron chi connectivity index (χ2n) is 6.01. The molecule has 1 aromatic heterocycles. The zero-order valence-electron chi connectivity index (χ0n) is 12.0. The smallest absolute Gasteiger partial charge is 0.234 e. The van der Waals surface area contributed by atoms with Gasteiger partial charge in [0.05, 0.1) is 0 Å². The summed E-state index contributed by atoms with van der Waals surface area (Å²) < 4.78 is 0. The van der Waals surface area contributed by atoms with E-state index in [9.17, 15) is 4.79 Å². The van der Waals surface area contributed by atoms with Gasteiger partial charge < -0.3 is 5.32 Å². The van der Waals surface area contributed by atoms with Gasteiger partial charge in [0, 0.05) is 16.2 Å². The van der Waals surface area contributed by atoms with Crippen molar-refractivity contribution in [1.29, 1.82) is 0 Å². The van der Waals surface area contributed by atoms with Crippen LogP contribution in [0.4, 0.5) is 0 Å². The number of carbonyl (C=O) groups excluding carboxylic acids is 1. The molecule has 6 nitrogen and oxygen atoms in total. The lowest BCUT2D eigenvalue weighted by Crippen LogP contribution is -2.49. The summed E-state index contributed by atoms with van der Waals surface area (Å²) in [5.74, 6) is 0.585. The predicted molar refractivity (Wildman–Crippen MR) is 82.3 cm³/mol. The van der Waals surface area contributed by atoms with Gasteiger partial charge in [0.15, 0.2) is 5.82 Å². The Bertz CT molecular complexity index is 650. The number of H-pyrrole nitrogens is 1. The van der Waals surface area contributed by atoms with Crippen molar-refractivity contribution in [3.63, 3.8) is 0 Å². The number of rotatable bonds is 5. The molecule has 22 heavy (non-hydrogen) atoms. The molecule has 7 heteroatoms. The molecule has 2 N–H and O–H groups in total. The van der Waals surface area contributed by atoms with Crippen molar-refractivity contribution < 1.29 is 4.79 Å². The highest BCUT2D eigenvalue weighted by Crippen LogP contribution is 2.47. The van der Waals surface area contributed by atoms with E-state index in [1.807, 2.05) is 17.8 Å². The molecular weight excluding hydrogens is 298 g/mol. The second-order valence-corrected chi connectivity index (χ2v) is 7.39. The minimum absolute atomic E-state index is 0.0575. The zero-order valence-corrected chi connectivity index (χ0v) is 12.8. The highest BCUT2D eigenvalue weighted by molar-refractivity contribution is 8.00. The van der Waals surface area contributed by atoms with Crippen molar-refractivity contribution in [1.82, 2.24) is 25.9 Å². The van der Waals surface area contributed by atoms with Crippen molar-refractivity contribution in [2.24, 2.45) is 0 Å². The van der Waals surface area contributed by atoms with E-state index in [0.29, 0.717) is 11.1 Å². The van der Waals surface area contributed by atoms with Crippen molar-refractivity contribution in [2.75, 3.05) is 0 Å². The van der Waals surface area contributed by atoms with E-state index >= 15 is 0 Å². The number of benzene rings is 1. The van der Waals surface area contributed by atoms with Crippen LogP contribution in [0.3, 0.4) is 0 Å². The average molecular weight is 315 g/mol. The minimum atomic E-state index is -0.523. The summed E-state index contributed by atoms with van der Waals surface area (Å²) in [6, 6.07) is 10.7. The molecule has 0 saturated heterocycles. The van der Waals surface area contributed by atoms with E-state index in [1.165, 1.54) is 4.90 Å². The summed E-state index contributed by atoms with van der Waals surface area (Å²) in [4.78, 5) is 13.7. The van der Waals surface area contributed by atoms with Gasteiger partial charge in [0.2, 0.25) is 5.91 Å². The maximum Gasteiger partial charge on any atom is 0.234 e. The largest absolute Gasteiger partial charge is 0.352 e. The Morgan fingerprint density at radius 3 is 2.68 bits per heavy atom. The van der Waals surface area contributed by atoms with Crippen LogP contribution in [0.15, 0.2) is 35.2 Å². The first-order chi connectivity index (χ1) is 10.8. The molecule has 2 saturated carbocycles. The van der Waals surface area contributed by atoms with Gasteiger partial charge in [0.25, 0.3) is 0 Å². The van der Waals surface area contributed by atoms with Crippen LogP contribution < -0.4 is 5.32 Å². The molecule has 2 fully saturated rings. The Balaban J connectivity index is 1.29. The van der Waals surface area contributed by atoms with Gasteiger partial charge in [-0.3, -0.25) is 4.79 Å². The monoisotopic (exact) mass is 315 g/mol. The molecule has 0 aliphatic heterocycles. The fourth-order valence-electron chi connectivity index (χ4n) is 2.84. The van der Waals surface area contributed by atoms with Crippen LogP contribution in [0.2, 0.25) is 0 Å². The number of aromatic amines is 1. The van der Waals surface area contributed by atoms with Crippen molar-refractivity contribution >= 4 is 17.7 Å². The van der Waals surface area contributed by atoms with E-state index in [-0.39, 0.29) is 11.9 Å². The normalized spacial score (nSPS) is 25.3. The van der Waals surface area contributed by atoms with Crippen molar-refractivity contribution in [3.8, 4) is 0 Å². The number of nitrogens with one attached hydrogen (secondary N) is 2. The van der Waals surface area contributed by atoms with Gasteiger partial charge in [-0.2, -0.15) is 5.21 Å². The molecule has 0 atom stereocenters. The first-order valence-corrected chi connectivity index (χ1v) is 8.41. The van der Waals surface area contributed by atoms with Crippen LogP contribution in [0, 0.1) is 0 Å². The SMILES string of the molecule is O=C(NC1CC(Sc2ccccc2)C1)C1(c2nn[nH]n2)CC1. The second kappa shape index (κ2) is 5.39. The summed E-state index contributed by atoms with van der Waals surface area (Å²) in [7, 11) is 0. The van der Waals surface area contributed by atoms with Crippen molar-refractivity contribution in [3.05, 3.63) is 36.2 Å². The molecule has 114 valence electrons. The van der Waals surface area contributed by atoms with E-state index in [0.717, 1.165) is 25.7 Å². The molecule has 2 aromatic rings. The Labute approximate surface area is 132 Å². The first kappa shape index (κ1) is 13.8. The lowest BCUT2D eigenvalue weighted by atomic mass is 9.91. The van der Waals surface area contributed by atoms with Crippen LogP contribution >= 0.6 is 11.8 Å². The molecule has 0 bridgehead atoms. The topological polar surface area (TPSA) is 83.6 Å². The van der Waals surface area contributed by atoms with Gasteiger partial charge in [-0.25, -0.2) is 0 Å². The van der Waals surface area contributed by atoms with Crippen LogP contribution in [0.1, 0.15) is 31.5 Å². The van der Waals surface area contributed by atoms with E-state index in [4.69, 9.17) is 0 Å². The summed E-state index contributed by atoms with van der Waals surface area (Å²) in [6.45, 7) is 0. The quantitative estimate of drug-likeness (QED) is 0.877. The minimum Gasteiger partial charge on any atom is -0.352 e. The Morgan fingerprint density at radius 2 is 2.05 bits per heavy atom. The number of hydrogen-bond acceptors (Lipinski definition) is 5. The van der Waals surface area contributed by atoms with Gasteiger partial charge >= 0.3 is 0 Å². The van der Waals surface area contributed by atoms with Crippen LogP contribution in [0.25, 0.3) is 0 Å². The molecule has 0 radical (unpaired) electrons. The summed E-state index contributed by atoms with van der Waals surface area (Å²) in [5.41, 5.74) is -0.523. The third kappa shape index (κ3) is 2.49. The zero-order chi connectivity index (χ0) is 15.0. The lowest BCUT2D eigenvalue weighted by molar-refractivity contribution is -0.125. The molecule has 2 aliphatic rings. The van der Waals surface area contributed by atoms with Gasteiger partial charge in [0.1, 0.15) is 5.41 Å². The van der Waals surface area contributed by atoms with Crippen LogP contribution in [-0.4, -0.2) is 37.8 Å². The van der Waals surface area contributed by atoms with Gasteiger partial charge in [-0.1, -0.05) is 23.4 Å². The van der Waals surface area contributed by atoms with Crippen molar-refractivity contribution in [2.45, 2.75) is 47.3 Å². The molecular formula is C15H17N5OS. The Kier molecular flexibility index (Phi) is 3.37. The molecule has 2 aliphatic carbocycles. The Hall–Kier alpha value is -1.89. The number of nitrogens with zero attached hydrogens (tertiary/aromatic N) is 3. The molecule has 0 spiro atoms. The average Bonchev–Trinajstić information content (AvgIpc) is 3.13. The fourth-order valence-corrected chi connectivity index (χ4v) is 4.19. The highest BCUT2D eigenvalue weighted by atomic mass is 32.2. The number of tetrazole rings is 1. The van der Waals surface area contributed by atoms with Crippen LogP contribution in [-0.2, 0) is 10.2 Å². The lowest BCUT2D eigenvalue weighted by Gasteiger charge is -2.36. The first-order valence-electron chi connectivity index (χ1n) is 7.53. The number of thioether (sulfide) groups is 1. The standard InChI is InChI=1S/C15H17N5OS/c21-14(15(6-7-15)13-17-19-20-18-13)16-10-8-12(9-10)22-11-4-2-1-3-5-11/h1-5,10,12H,6-9H2,(H,16,21)(H,17,18,19,20). The van der Waals surface area contributed by atoms with Crippen LogP contribution in [0.5, 0.6) is 0 Å². The third-order valence-electron chi connectivity index (χ3n) is 4.43. The number of aromatic nitrogens is 4.